The molecule has 0 aliphatic carbocycles. The van der Waals surface area contributed by atoms with Gasteiger partial charge in [-0.2, -0.15) is 0 Å². The number of hydrogen-bond acceptors (Lipinski definition) is 2. The number of hydrogen-bond donors (Lipinski definition) is 0. The smallest absolute Gasteiger partial charge is 0.227 e. The highest BCUT2D eigenvalue weighted by molar-refractivity contribution is 5.80. The zero-order valence-electron chi connectivity index (χ0n) is 8.87. The summed E-state index contributed by atoms with van der Waals surface area (Å²) in [4.78, 5) is 25.4. The lowest BCUT2D eigenvalue weighted by Gasteiger charge is -2.29. The third-order valence-corrected chi connectivity index (χ3v) is 2.29. The lowest BCUT2D eigenvalue weighted by atomic mass is 10.2. The van der Waals surface area contributed by atoms with Crippen LogP contribution in [0.25, 0.3) is 0 Å². The van der Waals surface area contributed by atoms with Crippen LogP contribution in [0.5, 0.6) is 0 Å². The lowest BCUT2D eigenvalue weighted by molar-refractivity contribution is -0.127. The molecule has 0 saturated heterocycles. The van der Waals surface area contributed by atoms with Gasteiger partial charge >= 0.3 is 0 Å². The van der Waals surface area contributed by atoms with E-state index in [-0.39, 0.29) is 11.8 Å². The fourth-order valence-corrected chi connectivity index (χ4v) is 1.39. The molecule has 0 fully saturated rings. The first-order valence-corrected chi connectivity index (χ1v) is 4.40. The van der Waals surface area contributed by atoms with Gasteiger partial charge in [0, 0.05) is 37.6 Å². The van der Waals surface area contributed by atoms with Crippen LogP contribution in [0, 0.1) is 0 Å². The molecule has 0 spiro atoms. The molecule has 4 heteroatoms. The Morgan fingerprint density at radius 1 is 0.929 bits per heavy atom. The fraction of sp³-hybridized carbons (Fsp3) is 0.400. The zero-order chi connectivity index (χ0) is 10.9. The zero-order valence-corrected chi connectivity index (χ0v) is 8.87. The minimum atomic E-state index is -0.0543. The summed E-state index contributed by atoms with van der Waals surface area (Å²) in [5.74, 6) is -0.109. The molecule has 14 heavy (non-hydrogen) atoms. The highest BCUT2D eigenvalue weighted by Crippen LogP contribution is 2.20. The molecule has 0 bridgehead atoms. The van der Waals surface area contributed by atoms with Crippen LogP contribution in [0.2, 0.25) is 0 Å². The Bertz CT molecular complexity index is 310. The molecule has 0 unspecified atom stereocenters. The van der Waals surface area contributed by atoms with E-state index in [1.54, 1.807) is 12.4 Å². The predicted octanol–water partition coefficient (Wildman–Crippen LogP) is 1.42. The maximum absolute atomic E-state index is 11.2. The van der Waals surface area contributed by atoms with Crippen LogP contribution in [0.1, 0.15) is 27.7 Å². The summed E-state index contributed by atoms with van der Waals surface area (Å²) < 4.78 is 0. The average Bonchev–Trinajstić information content (AvgIpc) is 2.08. The van der Waals surface area contributed by atoms with Gasteiger partial charge in [-0.15, -0.1) is 0 Å². The molecule has 2 amide bonds. The van der Waals surface area contributed by atoms with Gasteiger partial charge in [0.2, 0.25) is 11.8 Å². The molecule has 76 valence electrons. The number of carbonyl (C=O) groups excluding carboxylic acids is 2. The summed E-state index contributed by atoms with van der Waals surface area (Å²) in [6, 6.07) is 0. The minimum absolute atomic E-state index is 0.0543. The van der Waals surface area contributed by atoms with E-state index in [0.717, 1.165) is 11.4 Å². The molecule has 1 aliphatic heterocycles. The summed E-state index contributed by atoms with van der Waals surface area (Å²) in [7, 11) is 0. The number of allylic oxidation sites excluding steroid dienone is 2. The van der Waals surface area contributed by atoms with E-state index in [9.17, 15) is 9.59 Å². The predicted molar refractivity (Wildman–Crippen MR) is 52.6 cm³/mol. The maximum atomic E-state index is 11.2. The Morgan fingerprint density at radius 3 is 1.43 bits per heavy atom. The van der Waals surface area contributed by atoms with Crippen molar-refractivity contribution >= 4 is 11.8 Å². The summed E-state index contributed by atoms with van der Waals surface area (Å²) in [6.45, 7) is 6.61. The quantitative estimate of drug-likeness (QED) is 0.585. The molecule has 1 aliphatic rings. The largest absolute Gasteiger partial charge is 0.289 e. The normalized spacial score (nSPS) is 16.3. The lowest BCUT2D eigenvalue weighted by Crippen LogP contribution is -2.32. The molecule has 0 radical (unpaired) electrons. The monoisotopic (exact) mass is 194 g/mol. The van der Waals surface area contributed by atoms with Crippen molar-refractivity contribution in [3.63, 3.8) is 0 Å². The Morgan fingerprint density at radius 2 is 1.21 bits per heavy atom. The first-order chi connectivity index (χ1) is 6.45. The maximum Gasteiger partial charge on any atom is 0.227 e. The van der Waals surface area contributed by atoms with Gasteiger partial charge < -0.3 is 0 Å². The summed E-state index contributed by atoms with van der Waals surface area (Å²) in [6.07, 6.45) is 3.21. The third kappa shape index (κ3) is 1.69. The highest BCUT2D eigenvalue weighted by Gasteiger charge is 2.20. The first kappa shape index (κ1) is 10.5. The van der Waals surface area contributed by atoms with Crippen LogP contribution < -0.4 is 0 Å². The minimum Gasteiger partial charge on any atom is -0.289 e. The molecule has 0 saturated carbocycles. The van der Waals surface area contributed by atoms with Crippen LogP contribution >= 0.6 is 0 Å². The standard InChI is InChI=1S/C10H14N2O2/c1-7-8(2)12(10(4)14)6-5-11(7)9(3)13/h5-6H,1-4H3. The van der Waals surface area contributed by atoms with Crippen molar-refractivity contribution < 1.29 is 9.59 Å². The molecule has 0 aromatic rings. The second kappa shape index (κ2) is 3.65. The van der Waals surface area contributed by atoms with Gasteiger partial charge in [0.05, 0.1) is 0 Å². The van der Waals surface area contributed by atoms with Crippen molar-refractivity contribution in [3.05, 3.63) is 23.8 Å². The Labute approximate surface area is 83.5 Å². The highest BCUT2D eigenvalue weighted by atomic mass is 16.2. The van der Waals surface area contributed by atoms with Gasteiger partial charge in [0.15, 0.2) is 0 Å². The van der Waals surface area contributed by atoms with Crippen LogP contribution in [0.3, 0.4) is 0 Å². The molecule has 1 rings (SSSR count). The SMILES string of the molecule is CC(=O)N1C=CN(C(C)=O)C(C)=C1C. The van der Waals surface area contributed by atoms with E-state index in [2.05, 4.69) is 0 Å². The molecule has 0 atom stereocenters. The molecular formula is C10H14N2O2. The molecule has 4 nitrogen and oxygen atoms in total. The first-order valence-electron chi connectivity index (χ1n) is 4.40. The molecular weight excluding hydrogens is 180 g/mol. The van der Waals surface area contributed by atoms with Gasteiger partial charge in [-0.1, -0.05) is 0 Å². The summed E-state index contributed by atoms with van der Waals surface area (Å²) >= 11 is 0. The van der Waals surface area contributed by atoms with E-state index in [1.807, 2.05) is 13.8 Å². The third-order valence-electron chi connectivity index (χ3n) is 2.29. The molecule has 0 aromatic carbocycles. The van der Waals surface area contributed by atoms with Gasteiger partial charge in [-0.05, 0) is 13.8 Å². The van der Waals surface area contributed by atoms with E-state index < -0.39 is 0 Å². The summed E-state index contributed by atoms with van der Waals surface area (Å²) in [5.41, 5.74) is 1.57. The van der Waals surface area contributed by atoms with Crippen LogP contribution in [-0.2, 0) is 9.59 Å². The molecule has 0 aromatic heterocycles. The van der Waals surface area contributed by atoms with Crippen LogP contribution in [-0.4, -0.2) is 21.6 Å². The molecule has 0 N–H and O–H groups in total. The van der Waals surface area contributed by atoms with Crippen LogP contribution in [0.4, 0.5) is 0 Å². The van der Waals surface area contributed by atoms with Crippen molar-refractivity contribution in [3.8, 4) is 0 Å². The van der Waals surface area contributed by atoms with Crippen molar-refractivity contribution in [1.29, 1.82) is 0 Å². The van der Waals surface area contributed by atoms with E-state index in [4.69, 9.17) is 0 Å². The van der Waals surface area contributed by atoms with Crippen molar-refractivity contribution in [2.75, 3.05) is 0 Å². The number of nitrogens with zero attached hydrogens (tertiary/aromatic N) is 2. The Hall–Kier alpha value is -1.58. The van der Waals surface area contributed by atoms with Gasteiger partial charge in [-0.3, -0.25) is 19.4 Å². The second-order valence-electron chi connectivity index (χ2n) is 3.25. The van der Waals surface area contributed by atoms with Crippen molar-refractivity contribution in [2.45, 2.75) is 27.7 Å². The van der Waals surface area contributed by atoms with E-state index in [0.29, 0.717) is 0 Å². The van der Waals surface area contributed by atoms with E-state index in [1.165, 1.54) is 23.6 Å². The average molecular weight is 194 g/mol. The van der Waals surface area contributed by atoms with Crippen LogP contribution in [0.15, 0.2) is 23.8 Å². The van der Waals surface area contributed by atoms with Gasteiger partial charge in [-0.25, -0.2) is 0 Å². The van der Waals surface area contributed by atoms with Crippen molar-refractivity contribution in [2.24, 2.45) is 0 Å². The number of rotatable bonds is 0. The fourth-order valence-electron chi connectivity index (χ4n) is 1.39. The Kier molecular flexibility index (Phi) is 2.74. The van der Waals surface area contributed by atoms with Gasteiger partial charge in [0.1, 0.15) is 0 Å². The number of carbonyl (C=O) groups is 2. The topological polar surface area (TPSA) is 40.6 Å². The van der Waals surface area contributed by atoms with E-state index >= 15 is 0 Å². The Balaban J connectivity index is 3.04. The second-order valence-corrected chi connectivity index (χ2v) is 3.25. The van der Waals surface area contributed by atoms with Crippen molar-refractivity contribution in [1.82, 2.24) is 9.80 Å². The number of amides is 2. The summed E-state index contributed by atoms with van der Waals surface area (Å²) in [5, 5.41) is 0. The van der Waals surface area contributed by atoms with Gasteiger partial charge in [0.25, 0.3) is 0 Å². The molecule has 1 heterocycles.